The lowest BCUT2D eigenvalue weighted by molar-refractivity contribution is -0.166. The second-order valence-electron chi connectivity index (χ2n) is 11.0. The van der Waals surface area contributed by atoms with Crippen molar-refractivity contribution < 1.29 is 18.7 Å². The molecule has 0 bridgehead atoms. The van der Waals surface area contributed by atoms with Gasteiger partial charge in [0.05, 0.1) is 24.9 Å². The average molecular weight is 529 g/mol. The zero-order chi connectivity index (χ0) is 28.1. The second kappa shape index (κ2) is 10.0. The van der Waals surface area contributed by atoms with Gasteiger partial charge in [0.2, 0.25) is 0 Å². The Hall–Kier alpha value is -3.91. The summed E-state index contributed by atoms with van der Waals surface area (Å²) in [5.74, 6) is 0.216. The van der Waals surface area contributed by atoms with Crippen LogP contribution in [0.2, 0.25) is 0 Å². The molecule has 0 aliphatic carbocycles. The van der Waals surface area contributed by atoms with E-state index in [4.69, 9.17) is 18.9 Å². The Balaban J connectivity index is 1.85. The molecule has 5 aromatic rings. The molecular formula is C31H36N4O4. The number of para-hydroxylation sites is 1. The van der Waals surface area contributed by atoms with Crippen molar-refractivity contribution in [1.82, 2.24) is 19.3 Å². The number of aromatic nitrogens is 4. The zero-order valence-electron chi connectivity index (χ0n) is 24.0. The van der Waals surface area contributed by atoms with E-state index in [0.29, 0.717) is 23.6 Å². The Labute approximate surface area is 228 Å². The van der Waals surface area contributed by atoms with Crippen LogP contribution in [0.5, 0.6) is 0 Å². The highest BCUT2D eigenvalue weighted by Gasteiger charge is 2.35. The number of carbonyl (C=O) groups excluding carboxylic acids is 1. The number of furan rings is 1. The number of aryl methyl sites for hydroxylation is 3. The molecule has 0 saturated carbocycles. The topological polar surface area (TPSA) is 84.3 Å². The number of fused-ring (bicyclic) bond motifs is 2. The van der Waals surface area contributed by atoms with Crippen LogP contribution in [0.1, 0.15) is 61.9 Å². The summed E-state index contributed by atoms with van der Waals surface area (Å²) in [5.41, 5.74) is 6.37. The van der Waals surface area contributed by atoms with Crippen molar-refractivity contribution in [3.05, 3.63) is 70.8 Å². The van der Waals surface area contributed by atoms with Crippen molar-refractivity contribution in [2.24, 2.45) is 7.05 Å². The smallest absolute Gasteiger partial charge is 0.340 e. The maximum absolute atomic E-state index is 13.4. The van der Waals surface area contributed by atoms with Crippen molar-refractivity contribution in [1.29, 1.82) is 0 Å². The SMILES string of the molecule is CCOC(=O)[C@@H](OC(C)(C)C)c1c(C)nc2c(c(C)c(C)n2Cc2cnn(C)c2)c1-c1cc2ccccc2o1. The molecule has 0 aliphatic heterocycles. The van der Waals surface area contributed by atoms with Crippen LogP contribution in [-0.2, 0) is 27.9 Å². The molecule has 0 aliphatic rings. The molecule has 0 amide bonds. The molecule has 0 unspecified atom stereocenters. The van der Waals surface area contributed by atoms with E-state index < -0.39 is 17.7 Å². The molecule has 8 nitrogen and oxygen atoms in total. The molecule has 0 fully saturated rings. The highest BCUT2D eigenvalue weighted by molar-refractivity contribution is 6.01. The summed E-state index contributed by atoms with van der Waals surface area (Å²) in [6.07, 6.45) is 2.90. The maximum Gasteiger partial charge on any atom is 0.340 e. The predicted molar refractivity (Wildman–Crippen MR) is 152 cm³/mol. The fourth-order valence-corrected chi connectivity index (χ4v) is 5.20. The maximum atomic E-state index is 13.4. The molecule has 39 heavy (non-hydrogen) atoms. The third kappa shape index (κ3) is 4.96. The third-order valence-corrected chi connectivity index (χ3v) is 6.99. The van der Waals surface area contributed by atoms with E-state index in [9.17, 15) is 4.79 Å². The van der Waals surface area contributed by atoms with Crippen molar-refractivity contribution in [2.45, 2.75) is 66.7 Å². The molecule has 0 N–H and O–H groups in total. The minimum absolute atomic E-state index is 0.247. The van der Waals surface area contributed by atoms with Gasteiger partial charge in [-0.15, -0.1) is 0 Å². The average Bonchev–Trinajstić information content (AvgIpc) is 3.55. The van der Waals surface area contributed by atoms with Crippen LogP contribution in [0.15, 0.2) is 47.1 Å². The molecular weight excluding hydrogens is 492 g/mol. The first-order chi connectivity index (χ1) is 18.5. The number of esters is 1. The van der Waals surface area contributed by atoms with Crippen LogP contribution >= 0.6 is 0 Å². The van der Waals surface area contributed by atoms with Crippen LogP contribution in [0.3, 0.4) is 0 Å². The van der Waals surface area contributed by atoms with E-state index >= 15 is 0 Å². The number of hydrogen-bond acceptors (Lipinski definition) is 6. The Morgan fingerprint density at radius 2 is 1.90 bits per heavy atom. The van der Waals surface area contributed by atoms with Gasteiger partial charge in [-0.2, -0.15) is 5.10 Å². The van der Waals surface area contributed by atoms with Gasteiger partial charge < -0.3 is 18.5 Å². The van der Waals surface area contributed by atoms with Crippen LogP contribution < -0.4 is 0 Å². The van der Waals surface area contributed by atoms with Gasteiger partial charge in [-0.3, -0.25) is 4.68 Å². The molecule has 0 radical (unpaired) electrons. The lowest BCUT2D eigenvalue weighted by Crippen LogP contribution is -2.30. The standard InChI is InChI=1S/C31H36N4O4/c1-9-37-30(36)28(39-31(5,6)7)26-19(3)33-29-25(27(26)24-14-22-12-10-11-13-23(22)38-24)18(2)20(4)35(29)17-21-15-32-34(8)16-21/h10-16,28H,9,17H2,1-8H3/t28-/m0/s1. The third-order valence-electron chi connectivity index (χ3n) is 6.99. The van der Waals surface area contributed by atoms with Crippen molar-refractivity contribution in [3.63, 3.8) is 0 Å². The molecule has 1 aromatic carbocycles. The van der Waals surface area contributed by atoms with E-state index in [2.05, 4.69) is 23.5 Å². The molecule has 0 saturated heterocycles. The highest BCUT2D eigenvalue weighted by atomic mass is 16.6. The predicted octanol–water partition coefficient (Wildman–Crippen LogP) is 6.58. The van der Waals surface area contributed by atoms with Crippen molar-refractivity contribution >= 4 is 28.0 Å². The van der Waals surface area contributed by atoms with E-state index in [1.54, 1.807) is 11.6 Å². The first-order valence-corrected chi connectivity index (χ1v) is 13.3. The summed E-state index contributed by atoms with van der Waals surface area (Å²) in [4.78, 5) is 18.5. The van der Waals surface area contributed by atoms with Crippen LogP contribution in [0.25, 0.3) is 33.3 Å². The van der Waals surface area contributed by atoms with Gasteiger partial charge in [-0.05, 0) is 66.2 Å². The molecule has 204 valence electrons. The Morgan fingerprint density at radius 1 is 1.15 bits per heavy atom. The van der Waals surface area contributed by atoms with Gasteiger partial charge >= 0.3 is 5.97 Å². The highest BCUT2D eigenvalue weighted by Crippen LogP contribution is 2.44. The number of ether oxygens (including phenoxy) is 2. The minimum atomic E-state index is -0.980. The molecule has 8 heteroatoms. The molecule has 5 rings (SSSR count). The van der Waals surface area contributed by atoms with E-state index in [0.717, 1.165) is 44.4 Å². The Bertz CT molecular complexity index is 1650. The number of carbonyl (C=O) groups is 1. The normalized spacial score (nSPS) is 12.9. The van der Waals surface area contributed by atoms with Gasteiger partial charge in [-0.25, -0.2) is 9.78 Å². The monoisotopic (exact) mass is 528 g/mol. The van der Waals surface area contributed by atoms with Crippen LogP contribution in [0, 0.1) is 20.8 Å². The van der Waals surface area contributed by atoms with Gasteiger partial charge in [0, 0.05) is 52.1 Å². The van der Waals surface area contributed by atoms with E-state index in [-0.39, 0.29) is 6.61 Å². The molecule has 0 spiro atoms. The summed E-state index contributed by atoms with van der Waals surface area (Å²) in [7, 11) is 1.91. The number of rotatable bonds is 7. The number of hydrogen-bond donors (Lipinski definition) is 0. The number of nitrogens with zero attached hydrogens (tertiary/aromatic N) is 4. The largest absolute Gasteiger partial charge is 0.464 e. The number of benzene rings is 1. The quantitative estimate of drug-likeness (QED) is 0.222. The second-order valence-corrected chi connectivity index (χ2v) is 11.0. The summed E-state index contributed by atoms with van der Waals surface area (Å²) in [5, 5.41) is 6.26. The summed E-state index contributed by atoms with van der Waals surface area (Å²) in [6.45, 7) is 14.6. The lowest BCUT2D eigenvalue weighted by atomic mass is 9.94. The molecule has 1 atom stereocenters. The van der Waals surface area contributed by atoms with Gasteiger partial charge in [0.25, 0.3) is 0 Å². The lowest BCUT2D eigenvalue weighted by Gasteiger charge is -2.28. The number of pyridine rings is 1. The fourth-order valence-electron chi connectivity index (χ4n) is 5.20. The minimum Gasteiger partial charge on any atom is -0.464 e. The van der Waals surface area contributed by atoms with Crippen LogP contribution in [-0.4, -0.2) is 37.5 Å². The first-order valence-electron chi connectivity index (χ1n) is 13.3. The summed E-state index contributed by atoms with van der Waals surface area (Å²) >= 11 is 0. The van der Waals surface area contributed by atoms with Crippen LogP contribution in [0.4, 0.5) is 0 Å². The summed E-state index contributed by atoms with van der Waals surface area (Å²) in [6, 6.07) is 9.94. The van der Waals surface area contributed by atoms with Gasteiger partial charge in [0.15, 0.2) is 6.10 Å². The Kier molecular flexibility index (Phi) is 6.84. The fraction of sp³-hybridized carbons (Fsp3) is 0.387. The van der Waals surface area contributed by atoms with E-state index in [1.807, 2.05) is 77.5 Å². The Morgan fingerprint density at radius 3 is 2.54 bits per heavy atom. The van der Waals surface area contributed by atoms with E-state index in [1.165, 1.54) is 0 Å². The van der Waals surface area contributed by atoms with Gasteiger partial charge in [0.1, 0.15) is 17.0 Å². The van der Waals surface area contributed by atoms with Crippen molar-refractivity contribution in [3.8, 4) is 11.3 Å². The molecule has 4 aromatic heterocycles. The van der Waals surface area contributed by atoms with Gasteiger partial charge in [-0.1, -0.05) is 18.2 Å². The van der Waals surface area contributed by atoms with Crippen molar-refractivity contribution in [2.75, 3.05) is 6.61 Å². The molecule has 4 heterocycles. The first kappa shape index (κ1) is 26.7. The zero-order valence-corrected chi connectivity index (χ0v) is 24.0. The summed E-state index contributed by atoms with van der Waals surface area (Å²) < 4.78 is 22.4.